The molecule has 35 heavy (non-hydrogen) atoms. The lowest BCUT2D eigenvalue weighted by Gasteiger charge is -2.36. The lowest BCUT2D eigenvalue weighted by atomic mass is 9.82. The monoisotopic (exact) mass is 521 g/mol. The number of halogens is 1. The molecular weight excluding hydrogens is 489 g/mol. The van der Waals surface area contributed by atoms with E-state index in [1.54, 1.807) is 13.0 Å². The van der Waals surface area contributed by atoms with Gasteiger partial charge < -0.3 is 14.4 Å². The van der Waals surface area contributed by atoms with Gasteiger partial charge in [0.2, 0.25) is 5.83 Å². The molecule has 0 saturated heterocycles. The summed E-state index contributed by atoms with van der Waals surface area (Å²) >= 11 is 1.34. The van der Waals surface area contributed by atoms with E-state index in [1.807, 2.05) is 43.5 Å². The fourth-order valence-corrected chi connectivity index (χ4v) is 7.18. The third-order valence-corrected chi connectivity index (χ3v) is 8.97. The van der Waals surface area contributed by atoms with Crippen LogP contribution in [-0.4, -0.2) is 39.5 Å². The van der Waals surface area contributed by atoms with Crippen molar-refractivity contribution >= 4 is 38.9 Å². The van der Waals surface area contributed by atoms with Gasteiger partial charge >= 0.3 is 5.97 Å². The Labute approximate surface area is 211 Å². The standard InChI is InChI=1S/C26H32FNO5S2/c1-5-13-26(6-2)17-28(19-11-9-8-10-12-19)21-14-23(34-4)22(15-24(21)35(30,31)18-26)33-16-20(27)25(29)32-7-3/h8-12,14-16H,5-7,13,17-18H2,1-4H3/b20-16-/t26-/m1/s1. The average Bonchev–Trinajstić information content (AvgIpc) is 2.94. The third kappa shape index (κ3) is 6.01. The summed E-state index contributed by atoms with van der Waals surface area (Å²) in [6.07, 6.45) is 4.83. The van der Waals surface area contributed by atoms with Crippen molar-refractivity contribution in [2.75, 3.05) is 30.1 Å². The Balaban J connectivity index is 2.19. The van der Waals surface area contributed by atoms with Crippen molar-refractivity contribution in [1.82, 2.24) is 0 Å². The highest BCUT2D eigenvalue weighted by molar-refractivity contribution is 7.98. The average molecular weight is 522 g/mol. The van der Waals surface area contributed by atoms with Gasteiger partial charge in [-0.05, 0) is 44.2 Å². The summed E-state index contributed by atoms with van der Waals surface area (Å²) in [5.41, 5.74) is 1.03. The van der Waals surface area contributed by atoms with Gasteiger partial charge in [-0.15, -0.1) is 11.8 Å². The number of sulfone groups is 1. The molecule has 2 aromatic rings. The number of carbonyl (C=O) groups excluding carboxylic acids is 1. The van der Waals surface area contributed by atoms with E-state index in [1.165, 1.54) is 17.8 Å². The van der Waals surface area contributed by atoms with Crippen molar-refractivity contribution in [3.05, 3.63) is 54.6 Å². The molecule has 2 aromatic carbocycles. The second kappa shape index (κ2) is 11.5. The number of hydrogen-bond acceptors (Lipinski definition) is 7. The fourth-order valence-electron chi connectivity index (χ4n) is 4.46. The van der Waals surface area contributed by atoms with E-state index in [0.717, 1.165) is 18.5 Å². The second-order valence-electron chi connectivity index (χ2n) is 8.56. The Bertz CT molecular complexity index is 1180. The Morgan fingerprint density at radius 2 is 1.91 bits per heavy atom. The number of para-hydroxylation sites is 1. The zero-order chi connectivity index (χ0) is 25.6. The summed E-state index contributed by atoms with van der Waals surface area (Å²) in [7, 11) is -3.71. The van der Waals surface area contributed by atoms with Crippen molar-refractivity contribution in [3.63, 3.8) is 0 Å². The maximum absolute atomic E-state index is 14.1. The Hall–Kier alpha value is -2.52. The number of fused-ring (bicyclic) bond motifs is 1. The molecule has 9 heteroatoms. The molecule has 0 N–H and O–H groups in total. The summed E-state index contributed by atoms with van der Waals surface area (Å²) in [4.78, 5) is 14.4. The molecule has 1 aliphatic heterocycles. The normalized spacial score (nSPS) is 19.6. The van der Waals surface area contributed by atoms with Crippen LogP contribution in [0.25, 0.3) is 0 Å². The third-order valence-electron chi connectivity index (χ3n) is 6.22. The van der Waals surface area contributed by atoms with Gasteiger partial charge in [-0.25, -0.2) is 13.2 Å². The van der Waals surface area contributed by atoms with Crippen LogP contribution in [0.3, 0.4) is 0 Å². The number of thioether (sulfide) groups is 1. The van der Waals surface area contributed by atoms with E-state index in [0.29, 0.717) is 29.8 Å². The van der Waals surface area contributed by atoms with E-state index < -0.39 is 27.0 Å². The van der Waals surface area contributed by atoms with Gasteiger partial charge in [-0.3, -0.25) is 0 Å². The zero-order valence-electron chi connectivity index (χ0n) is 20.5. The number of rotatable bonds is 9. The van der Waals surface area contributed by atoms with E-state index in [-0.39, 0.29) is 23.0 Å². The van der Waals surface area contributed by atoms with Crippen LogP contribution in [0.5, 0.6) is 5.75 Å². The van der Waals surface area contributed by atoms with Crippen molar-refractivity contribution in [2.45, 2.75) is 49.8 Å². The minimum Gasteiger partial charge on any atom is -0.461 e. The molecule has 0 bridgehead atoms. The molecule has 3 rings (SSSR count). The van der Waals surface area contributed by atoms with Crippen LogP contribution in [0.4, 0.5) is 15.8 Å². The molecule has 0 fully saturated rings. The largest absolute Gasteiger partial charge is 0.461 e. The highest BCUT2D eigenvalue weighted by atomic mass is 32.2. The lowest BCUT2D eigenvalue weighted by molar-refractivity contribution is -0.140. The van der Waals surface area contributed by atoms with Crippen LogP contribution >= 0.6 is 11.8 Å². The summed E-state index contributed by atoms with van der Waals surface area (Å²) in [5, 5.41) is 0. The lowest BCUT2D eigenvalue weighted by Crippen LogP contribution is -2.37. The molecule has 0 unspecified atom stereocenters. The van der Waals surface area contributed by atoms with Crippen LogP contribution in [0, 0.1) is 5.41 Å². The Morgan fingerprint density at radius 1 is 1.20 bits per heavy atom. The quantitative estimate of drug-likeness (QED) is 0.166. The molecule has 0 aromatic heterocycles. The van der Waals surface area contributed by atoms with Gasteiger partial charge in [0.25, 0.3) is 0 Å². The number of nitrogens with zero attached hydrogens (tertiary/aromatic N) is 1. The van der Waals surface area contributed by atoms with E-state index in [9.17, 15) is 17.6 Å². The first-order valence-corrected chi connectivity index (χ1v) is 14.5. The molecule has 0 amide bonds. The summed E-state index contributed by atoms with van der Waals surface area (Å²) in [5.74, 6) is -2.17. The number of ether oxygens (including phenoxy) is 2. The molecule has 1 atom stereocenters. The molecule has 6 nitrogen and oxygen atoms in total. The summed E-state index contributed by atoms with van der Waals surface area (Å²) < 4.78 is 51.7. The van der Waals surface area contributed by atoms with Gasteiger partial charge in [0.1, 0.15) is 12.0 Å². The highest BCUT2D eigenvalue weighted by Crippen LogP contribution is 2.47. The van der Waals surface area contributed by atoms with E-state index in [2.05, 4.69) is 16.6 Å². The van der Waals surface area contributed by atoms with Crippen molar-refractivity contribution < 1.29 is 27.1 Å². The number of anilines is 2. The fraction of sp³-hybridized carbons (Fsp3) is 0.423. The van der Waals surface area contributed by atoms with Gasteiger partial charge in [-0.2, -0.15) is 4.39 Å². The van der Waals surface area contributed by atoms with Gasteiger partial charge in [0.15, 0.2) is 9.84 Å². The first-order valence-electron chi connectivity index (χ1n) is 11.7. The first kappa shape index (κ1) is 27.1. The maximum Gasteiger partial charge on any atom is 0.370 e. The van der Waals surface area contributed by atoms with E-state index in [4.69, 9.17) is 4.74 Å². The zero-order valence-corrected chi connectivity index (χ0v) is 22.2. The second-order valence-corrected chi connectivity index (χ2v) is 11.4. The number of esters is 1. The summed E-state index contributed by atoms with van der Waals surface area (Å²) in [6.45, 7) is 6.26. The van der Waals surface area contributed by atoms with E-state index >= 15 is 0 Å². The van der Waals surface area contributed by atoms with Crippen LogP contribution in [0.1, 0.15) is 40.0 Å². The molecule has 1 aliphatic rings. The van der Waals surface area contributed by atoms with Gasteiger partial charge in [0, 0.05) is 23.7 Å². The maximum atomic E-state index is 14.1. The molecule has 0 saturated carbocycles. The predicted molar refractivity (Wildman–Crippen MR) is 138 cm³/mol. The number of benzene rings is 2. The molecule has 0 radical (unpaired) electrons. The molecule has 1 heterocycles. The van der Waals surface area contributed by atoms with Gasteiger partial charge in [-0.1, -0.05) is 38.5 Å². The first-order chi connectivity index (χ1) is 16.7. The predicted octanol–water partition coefficient (Wildman–Crippen LogP) is 6.28. The molecular formula is C26H32FNO5S2. The SMILES string of the molecule is CCC[C@]1(CC)CN(c2ccccc2)c2cc(SC)c(O/C=C(\F)C(=O)OCC)cc2S(=O)(=O)C1. The molecule has 0 spiro atoms. The van der Waals surface area contributed by atoms with Crippen LogP contribution in [-0.2, 0) is 19.4 Å². The topological polar surface area (TPSA) is 72.9 Å². The van der Waals surface area contributed by atoms with Crippen molar-refractivity contribution in [1.29, 1.82) is 0 Å². The molecule has 190 valence electrons. The van der Waals surface area contributed by atoms with Crippen LogP contribution in [0.15, 0.2) is 64.3 Å². The van der Waals surface area contributed by atoms with Crippen LogP contribution < -0.4 is 9.64 Å². The summed E-state index contributed by atoms with van der Waals surface area (Å²) in [6, 6.07) is 12.9. The van der Waals surface area contributed by atoms with Gasteiger partial charge in [0.05, 0.1) is 27.8 Å². The van der Waals surface area contributed by atoms with Crippen LogP contribution in [0.2, 0.25) is 0 Å². The highest BCUT2D eigenvalue weighted by Gasteiger charge is 2.41. The van der Waals surface area contributed by atoms with Crippen molar-refractivity contribution in [3.8, 4) is 5.75 Å². The Kier molecular flexibility index (Phi) is 8.88. The number of carbonyl (C=O) groups is 1. The minimum absolute atomic E-state index is 0.00571. The molecule has 0 aliphatic carbocycles. The Morgan fingerprint density at radius 3 is 2.51 bits per heavy atom. The smallest absolute Gasteiger partial charge is 0.370 e. The number of hydrogen-bond donors (Lipinski definition) is 0. The minimum atomic E-state index is -3.71. The van der Waals surface area contributed by atoms with Crippen molar-refractivity contribution in [2.24, 2.45) is 5.41 Å².